The SMILES string of the molecule is FCC1(CF)CCCCC1. The van der Waals surface area contributed by atoms with Crippen LogP contribution in [0.2, 0.25) is 0 Å². The summed E-state index contributed by atoms with van der Waals surface area (Å²) in [7, 11) is 0. The lowest BCUT2D eigenvalue weighted by Gasteiger charge is -2.31. The molecule has 0 radical (unpaired) electrons. The molecule has 0 bridgehead atoms. The summed E-state index contributed by atoms with van der Waals surface area (Å²) in [5, 5.41) is 0. The Kier molecular flexibility index (Phi) is 2.64. The van der Waals surface area contributed by atoms with Crippen molar-refractivity contribution in [1.82, 2.24) is 0 Å². The number of rotatable bonds is 2. The Hall–Kier alpha value is -0.140. The molecule has 0 aromatic rings. The quantitative estimate of drug-likeness (QED) is 0.564. The predicted molar refractivity (Wildman–Crippen MR) is 37.5 cm³/mol. The zero-order valence-corrected chi connectivity index (χ0v) is 6.21. The minimum Gasteiger partial charge on any atom is -0.250 e. The molecule has 60 valence electrons. The number of alkyl halides is 2. The molecule has 0 aliphatic heterocycles. The molecule has 0 aromatic carbocycles. The fourth-order valence-corrected chi connectivity index (χ4v) is 1.60. The van der Waals surface area contributed by atoms with Gasteiger partial charge in [-0.15, -0.1) is 0 Å². The molecule has 0 spiro atoms. The van der Waals surface area contributed by atoms with Crippen LogP contribution in [0.5, 0.6) is 0 Å². The molecule has 1 rings (SSSR count). The molecular formula is C8H14F2. The minimum atomic E-state index is -0.571. The van der Waals surface area contributed by atoms with E-state index in [1.54, 1.807) is 0 Å². The van der Waals surface area contributed by atoms with Gasteiger partial charge in [0.1, 0.15) is 0 Å². The Balaban J connectivity index is 2.44. The van der Waals surface area contributed by atoms with Gasteiger partial charge in [0, 0.05) is 5.41 Å². The number of hydrogen-bond donors (Lipinski definition) is 0. The molecule has 0 atom stereocenters. The number of halogens is 2. The van der Waals surface area contributed by atoms with Crippen LogP contribution in [0.1, 0.15) is 32.1 Å². The fraction of sp³-hybridized carbons (Fsp3) is 1.00. The van der Waals surface area contributed by atoms with Crippen molar-refractivity contribution in [3.8, 4) is 0 Å². The van der Waals surface area contributed by atoms with Crippen LogP contribution in [-0.4, -0.2) is 13.3 Å². The summed E-state index contributed by atoms with van der Waals surface area (Å²) in [6.07, 6.45) is 4.67. The average Bonchev–Trinajstić information content (AvgIpc) is 2.06. The van der Waals surface area contributed by atoms with Crippen molar-refractivity contribution in [2.24, 2.45) is 5.41 Å². The molecule has 0 N–H and O–H groups in total. The first kappa shape index (κ1) is 7.96. The Morgan fingerprint density at radius 1 is 0.900 bits per heavy atom. The zero-order chi connectivity index (χ0) is 7.45. The Labute approximate surface area is 60.6 Å². The molecule has 1 saturated carbocycles. The van der Waals surface area contributed by atoms with Crippen LogP contribution in [0.25, 0.3) is 0 Å². The van der Waals surface area contributed by atoms with Gasteiger partial charge in [0.05, 0.1) is 13.3 Å². The van der Waals surface area contributed by atoms with Crippen molar-refractivity contribution in [2.75, 3.05) is 13.3 Å². The molecule has 0 unspecified atom stereocenters. The summed E-state index contributed by atoms with van der Waals surface area (Å²) >= 11 is 0. The second kappa shape index (κ2) is 3.31. The second-order valence-corrected chi connectivity index (χ2v) is 3.33. The monoisotopic (exact) mass is 148 g/mol. The van der Waals surface area contributed by atoms with E-state index in [0.717, 1.165) is 32.1 Å². The normalized spacial score (nSPS) is 24.6. The smallest absolute Gasteiger partial charge is 0.0975 e. The van der Waals surface area contributed by atoms with Crippen molar-refractivity contribution >= 4 is 0 Å². The van der Waals surface area contributed by atoms with E-state index in [9.17, 15) is 8.78 Å². The molecule has 0 aromatic heterocycles. The van der Waals surface area contributed by atoms with E-state index in [2.05, 4.69) is 0 Å². The minimum absolute atomic E-state index is 0.469. The highest BCUT2D eigenvalue weighted by atomic mass is 19.1. The van der Waals surface area contributed by atoms with E-state index in [1.165, 1.54) is 0 Å². The van der Waals surface area contributed by atoms with Gasteiger partial charge >= 0.3 is 0 Å². The molecule has 1 aliphatic carbocycles. The molecule has 2 heteroatoms. The average molecular weight is 148 g/mol. The maximum atomic E-state index is 12.3. The standard InChI is InChI=1S/C8H14F2/c9-6-8(7-10)4-2-1-3-5-8/h1-7H2. The molecule has 0 nitrogen and oxygen atoms in total. The van der Waals surface area contributed by atoms with Gasteiger partial charge in [-0.2, -0.15) is 0 Å². The van der Waals surface area contributed by atoms with Crippen LogP contribution < -0.4 is 0 Å². The summed E-state index contributed by atoms with van der Waals surface area (Å²) in [4.78, 5) is 0. The third-order valence-corrected chi connectivity index (χ3v) is 2.48. The van der Waals surface area contributed by atoms with Crippen LogP contribution >= 0.6 is 0 Å². The highest BCUT2D eigenvalue weighted by Crippen LogP contribution is 2.36. The van der Waals surface area contributed by atoms with Gasteiger partial charge in [-0.3, -0.25) is 8.78 Å². The molecule has 1 aliphatic rings. The summed E-state index contributed by atoms with van der Waals surface area (Å²) < 4.78 is 24.6. The Morgan fingerprint density at radius 3 is 1.70 bits per heavy atom. The lowest BCUT2D eigenvalue weighted by Crippen LogP contribution is -2.28. The number of hydrogen-bond acceptors (Lipinski definition) is 0. The first-order chi connectivity index (χ1) is 4.83. The third kappa shape index (κ3) is 1.47. The van der Waals surface area contributed by atoms with Crippen molar-refractivity contribution in [2.45, 2.75) is 32.1 Å². The summed E-state index contributed by atoms with van der Waals surface area (Å²) in [5.74, 6) is 0. The van der Waals surface area contributed by atoms with Crippen LogP contribution in [0.3, 0.4) is 0 Å². The highest BCUT2D eigenvalue weighted by Gasteiger charge is 2.31. The van der Waals surface area contributed by atoms with Gasteiger partial charge in [0.25, 0.3) is 0 Å². The molecule has 0 amide bonds. The van der Waals surface area contributed by atoms with E-state index in [4.69, 9.17) is 0 Å². The topological polar surface area (TPSA) is 0 Å². The van der Waals surface area contributed by atoms with Gasteiger partial charge in [-0.25, -0.2) is 0 Å². The van der Waals surface area contributed by atoms with Crippen molar-refractivity contribution in [3.63, 3.8) is 0 Å². The Bertz CT molecular complexity index is 89.4. The van der Waals surface area contributed by atoms with E-state index >= 15 is 0 Å². The van der Waals surface area contributed by atoms with Gasteiger partial charge < -0.3 is 0 Å². The van der Waals surface area contributed by atoms with E-state index in [0.29, 0.717) is 0 Å². The molecule has 1 fully saturated rings. The lowest BCUT2D eigenvalue weighted by molar-refractivity contribution is 0.100. The molecule has 10 heavy (non-hydrogen) atoms. The van der Waals surface area contributed by atoms with Gasteiger partial charge in [-0.1, -0.05) is 19.3 Å². The van der Waals surface area contributed by atoms with Crippen molar-refractivity contribution in [3.05, 3.63) is 0 Å². The zero-order valence-electron chi connectivity index (χ0n) is 6.21. The summed E-state index contributed by atoms with van der Waals surface area (Å²) in [6, 6.07) is 0. The third-order valence-electron chi connectivity index (χ3n) is 2.48. The molecular weight excluding hydrogens is 134 g/mol. The van der Waals surface area contributed by atoms with Gasteiger partial charge in [-0.05, 0) is 12.8 Å². The first-order valence-electron chi connectivity index (χ1n) is 3.95. The van der Waals surface area contributed by atoms with Crippen molar-refractivity contribution in [1.29, 1.82) is 0 Å². The summed E-state index contributed by atoms with van der Waals surface area (Å²) in [6.45, 7) is -0.938. The Morgan fingerprint density at radius 2 is 1.40 bits per heavy atom. The van der Waals surface area contributed by atoms with E-state index in [1.807, 2.05) is 0 Å². The van der Waals surface area contributed by atoms with Crippen LogP contribution in [0.4, 0.5) is 8.78 Å². The van der Waals surface area contributed by atoms with Crippen LogP contribution in [0.15, 0.2) is 0 Å². The maximum Gasteiger partial charge on any atom is 0.0975 e. The van der Waals surface area contributed by atoms with E-state index < -0.39 is 18.8 Å². The second-order valence-electron chi connectivity index (χ2n) is 3.33. The van der Waals surface area contributed by atoms with Crippen LogP contribution in [-0.2, 0) is 0 Å². The van der Waals surface area contributed by atoms with Crippen molar-refractivity contribution < 1.29 is 8.78 Å². The van der Waals surface area contributed by atoms with Gasteiger partial charge in [0.2, 0.25) is 0 Å². The summed E-state index contributed by atoms with van der Waals surface area (Å²) in [5.41, 5.74) is -0.571. The highest BCUT2D eigenvalue weighted by molar-refractivity contribution is 4.81. The molecule has 0 heterocycles. The largest absolute Gasteiger partial charge is 0.250 e. The first-order valence-corrected chi connectivity index (χ1v) is 3.95. The van der Waals surface area contributed by atoms with E-state index in [-0.39, 0.29) is 0 Å². The lowest BCUT2D eigenvalue weighted by atomic mass is 9.76. The fourth-order valence-electron chi connectivity index (χ4n) is 1.60. The van der Waals surface area contributed by atoms with Gasteiger partial charge in [0.15, 0.2) is 0 Å². The predicted octanol–water partition coefficient (Wildman–Crippen LogP) is 2.88. The molecule has 0 saturated heterocycles. The van der Waals surface area contributed by atoms with Crippen LogP contribution in [0, 0.1) is 5.41 Å². The maximum absolute atomic E-state index is 12.3.